The number of hydrogen-bond donors (Lipinski definition) is 0. The van der Waals surface area contributed by atoms with Gasteiger partial charge >= 0.3 is 0 Å². The summed E-state index contributed by atoms with van der Waals surface area (Å²) in [6.45, 7) is 0. The maximum Gasteiger partial charge on any atom is 0.194 e. The first-order valence-electron chi connectivity index (χ1n) is 10.7. The third-order valence-electron chi connectivity index (χ3n) is 5.78. The van der Waals surface area contributed by atoms with Gasteiger partial charge in [-0.1, -0.05) is 66.2 Å². The smallest absolute Gasteiger partial charge is 0.194 e. The number of allylic oxidation sites excluding steroid dienone is 1. The molecule has 4 aromatic rings. The maximum absolute atomic E-state index is 13.8. The van der Waals surface area contributed by atoms with E-state index in [1.807, 2.05) is 91.0 Å². The molecule has 0 unspecified atom stereocenters. The lowest BCUT2D eigenvalue weighted by Crippen LogP contribution is -2.02. The number of fused-ring (bicyclic) bond motifs is 1. The monoisotopic (exact) mass is 452 g/mol. The van der Waals surface area contributed by atoms with Gasteiger partial charge in [-0.25, -0.2) is 0 Å². The van der Waals surface area contributed by atoms with Crippen molar-refractivity contribution in [1.82, 2.24) is 0 Å². The van der Waals surface area contributed by atoms with Crippen molar-refractivity contribution in [3.63, 3.8) is 0 Å². The van der Waals surface area contributed by atoms with Gasteiger partial charge in [0.15, 0.2) is 5.78 Å². The fourth-order valence-corrected chi connectivity index (χ4v) is 4.35. The first kappa shape index (κ1) is 21.0. The Kier molecular flexibility index (Phi) is 5.72. The van der Waals surface area contributed by atoms with Gasteiger partial charge in [-0.2, -0.15) is 0 Å². The molecule has 1 aliphatic carbocycles. The number of ether oxygens (including phenoxy) is 2. The van der Waals surface area contributed by atoms with Gasteiger partial charge in [-0.3, -0.25) is 4.79 Å². The van der Waals surface area contributed by atoms with Crippen molar-refractivity contribution in [2.75, 3.05) is 7.11 Å². The van der Waals surface area contributed by atoms with Gasteiger partial charge in [0, 0.05) is 16.5 Å². The van der Waals surface area contributed by atoms with E-state index >= 15 is 0 Å². The van der Waals surface area contributed by atoms with Gasteiger partial charge in [0.2, 0.25) is 0 Å². The van der Waals surface area contributed by atoms with Crippen molar-refractivity contribution >= 4 is 23.5 Å². The molecule has 0 aromatic heterocycles. The highest BCUT2D eigenvalue weighted by atomic mass is 35.5. The zero-order valence-corrected chi connectivity index (χ0v) is 18.8. The molecular weight excluding hydrogens is 432 g/mol. The summed E-state index contributed by atoms with van der Waals surface area (Å²) in [6, 6.07) is 30.7. The van der Waals surface area contributed by atoms with E-state index in [-0.39, 0.29) is 11.7 Å². The second-order valence-corrected chi connectivity index (χ2v) is 8.26. The Balaban J connectivity index is 1.61. The van der Waals surface area contributed by atoms with Crippen LogP contribution in [0, 0.1) is 0 Å². The van der Waals surface area contributed by atoms with Gasteiger partial charge in [0.05, 0.1) is 12.7 Å². The van der Waals surface area contributed by atoms with E-state index in [0.717, 1.165) is 22.4 Å². The Bertz CT molecular complexity index is 1320. The fourth-order valence-electron chi connectivity index (χ4n) is 4.22. The summed E-state index contributed by atoms with van der Waals surface area (Å²) in [5.41, 5.74) is 4.24. The summed E-state index contributed by atoms with van der Waals surface area (Å²) >= 11 is 6.06. The molecule has 0 spiro atoms. The van der Waals surface area contributed by atoms with Crippen molar-refractivity contribution in [1.29, 1.82) is 0 Å². The number of carbonyl (C=O) groups is 1. The molecule has 0 fully saturated rings. The standard InChI is InChI=1S/C29H21ClO3/c1-32-22-14-16-23(17-15-22)33-26-9-5-8-24-27(20-6-3-2-4-7-20)25(29(31)28(24)26)18-19-10-12-21(30)13-11-19/h2-18,27H,1H3/b25-18+/t27-/m1/s1. The fraction of sp³-hybridized carbons (Fsp3) is 0.0690. The highest BCUT2D eigenvalue weighted by Crippen LogP contribution is 2.46. The van der Waals surface area contributed by atoms with E-state index < -0.39 is 0 Å². The third kappa shape index (κ3) is 4.15. The number of Topliss-reactive ketones (excluding diaryl/α,β-unsaturated/α-hetero) is 1. The second kappa shape index (κ2) is 8.97. The lowest BCUT2D eigenvalue weighted by atomic mass is 9.89. The number of halogens is 1. The van der Waals surface area contributed by atoms with Gasteiger partial charge in [0.1, 0.15) is 17.2 Å². The molecule has 0 amide bonds. The van der Waals surface area contributed by atoms with Crippen LogP contribution < -0.4 is 9.47 Å². The normalized spacial score (nSPS) is 16.0. The van der Waals surface area contributed by atoms with Crippen LogP contribution in [0.15, 0.2) is 103 Å². The summed E-state index contributed by atoms with van der Waals surface area (Å²) in [5, 5.41) is 0.660. The molecule has 0 heterocycles. The summed E-state index contributed by atoms with van der Waals surface area (Å²) in [4.78, 5) is 13.8. The van der Waals surface area contributed by atoms with Crippen LogP contribution in [0.1, 0.15) is 33.0 Å². The Morgan fingerprint density at radius 2 is 1.48 bits per heavy atom. The molecule has 1 atom stereocenters. The van der Waals surface area contributed by atoms with Crippen LogP contribution >= 0.6 is 11.6 Å². The molecule has 162 valence electrons. The largest absolute Gasteiger partial charge is 0.497 e. The van der Waals surface area contributed by atoms with E-state index in [0.29, 0.717) is 27.7 Å². The minimum absolute atomic E-state index is 0.0297. The number of carbonyl (C=O) groups excluding carboxylic acids is 1. The van der Waals surface area contributed by atoms with Crippen LogP contribution in [0.4, 0.5) is 0 Å². The number of rotatable bonds is 5. The first-order valence-corrected chi connectivity index (χ1v) is 11.0. The number of methoxy groups -OCH3 is 1. The predicted molar refractivity (Wildman–Crippen MR) is 132 cm³/mol. The number of hydrogen-bond acceptors (Lipinski definition) is 3. The Labute approximate surface area is 197 Å². The van der Waals surface area contributed by atoms with Crippen molar-refractivity contribution in [3.8, 4) is 17.2 Å². The van der Waals surface area contributed by atoms with Crippen LogP contribution in [0.2, 0.25) is 5.02 Å². The SMILES string of the molecule is COc1ccc(Oc2cccc3c2C(=O)/C(=C/c2ccc(Cl)cc2)[C@@H]3c2ccccc2)cc1. The van der Waals surface area contributed by atoms with Crippen LogP contribution in [-0.4, -0.2) is 12.9 Å². The Morgan fingerprint density at radius 3 is 2.18 bits per heavy atom. The van der Waals surface area contributed by atoms with Crippen LogP contribution in [0.25, 0.3) is 6.08 Å². The Hall–Kier alpha value is -3.82. The molecule has 0 saturated carbocycles. The topological polar surface area (TPSA) is 35.5 Å². The molecule has 4 aromatic carbocycles. The molecule has 0 aliphatic heterocycles. The molecule has 0 radical (unpaired) electrons. The number of ketones is 1. The number of benzene rings is 4. The molecular formula is C29H21ClO3. The average molecular weight is 453 g/mol. The Morgan fingerprint density at radius 1 is 0.788 bits per heavy atom. The van der Waals surface area contributed by atoms with Crippen molar-refractivity contribution in [2.45, 2.75) is 5.92 Å². The molecule has 4 heteroatoms. The lowest BCUT2D eigenvalue weighted by Gasteiger charge is -2.14. The predicted octanol–water partition coefficient (Wildman–Crippen LogP) is 7.55. The average Bonchev–Trinajstić information content (AvgIpc) is 3.13. The quantitative estimate of drug-likeness (QED) is 0.293. The van der Waals surface area contributed by atoms with Crippen molar-refractivity contribution in [3.05, 3.63) is 130 Å². The van der Waals surface area contributed by atoms with Crippen LogP contribution in [0.3, 0.4) is 0 Å². The molecule has 5 rings (SSSR count). The van der Waals surface area contributed by atoms with Gasteiger partial charge < -0.3 is 9.47 Å². The maximum atomic E-state index is 13.8. The van der Waals surface area contributed by atoms with Crippen molar-refractivity contribution in [2.24, 2.45) is 0 Å². The first-order chi connectivity index (χ1) is 16.1. The molecule has 0 saturated heterocycles. The minimum Gasteiger partial charge on any atom is -0.497 e. The zero-order chi connectivity index (χ0) is 22.8. The van der Waals surface area contributed by atoms with Gasteiger partial charge in [-0.05, 0) is 65.2 Å². The molecule has 1 aliphatic rings. The molecule has 0 N–H and O–H groups in total. The highest BCUT2D eigenvalue weighted by molar-refractivity contribution is 6.30. The minimum atomic E-state index is -0.177. The van der Waals surface area contributed by atoms with Gasteiger partial charge in [-0.15, -0.1) is 0 Å². The van der Waals surface area contributed by atoms with E-state index in [9.17, 15) is 4.79 Å². The van der Waals surface area contributed by atoms with Crippen LogP contribution in [0.5, 0.6) is 17.2 Å². The van der Waals surface area contributed by atoms with E-state index in [4.69, 9.17) is 21.1 Å². The van der Waals surface area contributed by atoms with Gasteiger partial charge in [0.25, 0.3) is 0 Å². The lowest BCUT2D eigenvalue weighted by molar-refractivity contribution is 0.103. The summed E-state index contributed by atoms with van der Waals surface area (Å²) in [6.07, 6.45) is 1.95. The highest BCUT2D eigenvalue weighted by Gasteiger charge is 2.38. The molecule has 0 bridgehead atoms. The van der Waals surface area contributed by atoms with Crippen LogP contribution in [-0.2, 0) is 0 Å². The molecule has 33 heavy (non-hydrogen) atoms. The van der Waals surface area contributed by atoms with E-state index in [1.54, 1.807) is 7.11 Å². The van der Waals surface area contributed by atoms with E-state index in [2.05, 4.69) is 12.1 Å². The van der Waals surface area contributed by atoms with Crippen molar-refractivity contribution < 1.29 is 14.3 Å². The summed E-state index contributed by atoms with van der Waals surface area (Å²) in [7, 11) is 1.62. The third-order valence-corrected chi connectivity index (χ3v) is 6.03. The zero-order valence-electron chi connectivity index (χ0n) is 18.0. The van der Waals surface area contributed by atoms with E-state index in [1.165, 1.54) is 0 Å². The molecule has 3 nitrogen and oxygen atoms in total. The second-order valence-electron chi connectivity index (χ2n) is 7.82. The summed E-state index contributed by atoms with van der Waals surface area (Å²) in [5.74, 6) is 1.72. The summed E-state index contributed by atoms with van der Waals surface area (Å²) < 4.78 is 11.4.